The highest BCUT2D eigenvalue weighted by Crippen LogP contribution is 2.15. The SMILES string of the molecule is CCCCCCC/C=C\CCCCCCCC(=O)OCC(COCCC(C(=O)O)[N+](C)(C)C)OC(=O)CCCCCCCCCCC/C=C\CCCCCCCC. The van der Waals surface area contributed by atoms with Gasteiger partial charge in [0.15, 0.2) is 12.1 Å². The first kappa shape index (κ1) is 54.8. The van der Waals surface area contributed by atoms with E-state index in [-0.39, 0.29) is 36.2 Å². The van der Waals surface area contributed by atoms with E-state index in [1.807, 2.05) is 21.1 Å². The molecule has 2 unspecified atom stereocenters. The highest BCUT2D eigenvalue weighted by atomic mass is 16.6. The number of aliphatic carboxylic acids is 1. The van der Waals surface area contributed by atoms with E-state index in [0.29, 0.717) is 19.3 Å². The topological polar surface area (TPSA) is 99.1 Å². The van der Waals surface area contributed by atoms with Crippen molar-refractivity contribution in [1.82, 2.24) is 0 Å². The molecule has 0 radical (unpaired) electrons. The summed E-state index contributed by atoms with van der Waals surface area (Å²) in [6.07, 6.45) is 45.0. The van der Waals surface area contributed by atoms with Gasteiger partial charge < -0.3 is 23.8 Å². The molecule has 0 aromatic rings. The lowest BCUT2D eigenvalue weighted by atomic mass is 10.1. The molecule has 0 fully saturated rings. The fraction of sp³-hybridized carbons (Fsp3) is 0.857. The maximum absolute atomic E-state index is 12.8. The minimum Gasteiger partial charge on any atom is -0.477 e. The van der Waals surface area contributed by atoms with E-state index in [0.717, 1.165) is 44.9 Å². The lowest BCUT2D eigenvalue weighted by molar-refractivity contribution is -0.887. The van der Waals surface area contributed by atoms with Crippen LogP contribution in [0.1, 0.15) is 219 Å². The van der Waals surface area contributed by atoms with Crippen LogP contribution in [0.25, 0.3) is 0 Å². The summed E-state index contributed by atoms with van der Waals surface area (Å²) in [5.41, 5.74) is 0. The highest BCUT2D eigenvalue weighted by molar-refractivity contribution is 5.72. The molecule has 0 saturated carbocycles. The first-order valence-electron chi connectivity index (χ1n) is 23.9. The molecule has 0 amide bonds. The van der Waals surface area contributed by atoms with E-state index in [4.69, 9.17) is 14.2 Å². The molecule has 0 rings (SSSR count). The Hall–Kier alpha value is -2.19. The third-order valence-corrected chi connectivity index (χ3v) is 10.8. The molecule has 0 aliphatic carbocycles. The zero-order chi connectivity index (χ0) is 42.1. The van der Waals surface area contributed by atoms with Crippen molar-refractivity contribution in [3.05, 3.63) is 24.3 Å². The van der Waals surface area contributed by atoms with Gasteiger partial charge in [0, 0.05) is 19.3 Å². The number of carbonyl (C=O) groups excluding carboxylic acids is 2. The van der Waals surface area contributed by atoms with E-state index in [1.54, 1.807) is 0 Å². The molecule has 0 aliphatic heterocycles. The first-order valence-corrected chi connectivity index (χ1v) is 23.9. The van der Waals surface area contributed by atoms with Crippen LogP contribution in [0.3, 0.4) is 0 Å². The number of ether oxygens (including phenoxy) is 3. The average molecular weight is 807 g/mol. The van der Waals surface area contributed by atoms with Crippen LogP contribution in [0.5, 0.6) is 0 Å². The van der Waals surface area contributed by atoms with Gasteiger partial charge >= 0.3 is 17.9 Å². The smallest absolute Gasteiger partial charge is 0.362 e. The Bertz CT molecular complexity index is 989. The van der Waals surface area contributed by atoms with Gasteiger partial charge in [-0.25, -0.2) is 4.79 Å². The number of carboxylic acids is 1. The molecule has 0 spiro atoms. The third kappa shape index (κ3) is 39.1. The zero-order valence-electron chi connectivity index (χ0n) is 38.1. The lowest BCUT2D eigenvalue weighted by Crippen LogP contribution is -2.50. The Balaban J connectivity index is 4.28. The summed E-state index contributed by atoms with van der Waals surface area (Å²) in [6, 6.07) is -0.614. The second-order valence-corrected chi connectivity index (χ2v) is 17.4. The molecule has 0 saturated heterocycles. The van der Waals surface area contributed by atoms with Gasteiger partial charge in [-0.15, -0.1) is 0 Å². The molecular weight excluding hydrogens is 715 g/mol. The predicted molar refractivity (Wildman–Crippen MR) is 238 cm³/mol. The predicted octanol–water partition coefficient (Wildman–Crippen LogP) is 13.3. The second kappa shape index (κ2) is 40.6. The number of rotatable bonds is 43. The van der Waals surface area contributed by atoms with Crippen molar-refractivity contribution < 1.29 is 38.2 Å². The lowest BCUT2D eigenvalue weighted by Gasteiger charge is -2.31. The summed E-state index contributed by atoms with van der Waals surface area (Å²) in [4.78, 5) is 37.0. The molecule has 0 aliphatic rings. The van der Waals surface area contributed by atoms with E-state index in [9.17, 15) is 19.5 Å². The number of allylic oxidation sites excluding steroid dienone is 4. The van der Waals surface area contributed by atoms with Gasteiger partial charge in [0.1, 0.15) is 6.61 Å². The molecule has 57 heavy (non-hydrogen) atoms. The van der Waals surface area contributed by atoms with E-state index in [1.165, 1.54) is 141 Å². The Morgan fingerprint density at radius 1 is 0.509 bits per heavy atom. The average Bonchev–Trinajstić information content (AvgIpc) is 3.17. The van der Waals surface area contributed by atoms with Gasteiger partial charge in [0.25, 0.3) is 0 Å². The number of carbonyl (C=O) groups is 3. The molecular formula is C49H92NO7+. The normalized spacial score (nSPS) is 13.1. The molecule has 334 valence electrons. The Morgan fingerprint density at radius 2 is 0.877 bits per heavy atom. The highest BCUT2D eigenvalue weighted by Gasteiger charge is 2.31. The molecule has 8 heteroatoms. The Morgan fingerprint density at radius 3 is 1.26 bits per heavy atom. The number of hydrogen-bond donors (Lipinski definition) is 1. The van der Waals surface area contributed by atoms with Crippen LogP contribution < -0.4 is 0 Å². The van der Waals surface area contributed by atoms with Crippen molar-refractivity contribution >= 4 is 17.9 Å². The number of carboxylic acid groups (broad SMARTS) is 1. The molecule has 2 atom stereocenters. The van der Waals surface area contributed by atoms with Crippen molar-refractivity contribution in [3.63, 3.8) is 0 Å². The minimum atomic E-state index is -0.874. The van der Waals surface area contributed by atoms with Crippen molar-refractivity contribution in [2.45, 2.75) is 231 Å². The third-order valence-electron chi connectivity index (χ3n) is 10.8. The van der Waals surface area contributed by atoms with Gasteiger partial charge in [-0.3, -0.25) is 9.59 Å². The molecule has 8 nitrogen and oxygen atoms in total. The summed E-state index contributed by atoms with van der Waals surface area (Å²) in [5.74, 6) is -1.47. The van der Waals surface area contributed by atoms with E-state index >= 15 is 0 Å². The first-order chi connectivity index (χ1) is 27.6. The van der Waals surface area contributed by atoms with Gasteiger partial charge in [0.2, 0.25) is 0 Å². The van der Waals surface area contributed by atoms with Crippen LogP contribution in [-0.4, -0.2) is 80.6 Å². The number of unbranched alkanes of at least 4 members (excludes halogenated alkanes) is 25. The van der Waals surface area contributed by atoms with Crippen LogP contribution in [0, 0.1) is 0 Å². The fourth-order valence-corrected chi connectivity index (χ4v) is 7.08. The number of likely N-dealkylation sites (N-methyl/N-ethyl adjacent to an activating group) is 1. The van der Waals surface area contributed by atoms with Crippen molar-refractivity contribution in [2.24, 2.45) is 0 Å². The number of quaternary nitrogens is 1. The molecule has 0 heterocycles. The van der Waals surface area contributed by atoms with Crippen LogP contribution in [0.2, 0.25) is 0 Å². The maximum Gasteiger partial charge on any atom is 0.362 e. The van der Waals surface area contributed by atoms with Gasteiger partial charge in [-0.2, -0.15) is 0 Å². The van der Waals surface area contributed by atoms with Gasteiger partial charge in [0.05, 0.1) is 34.4 Å². The molecule has 0 aromatic carbocycles. The quantitative estimate of drug-likeness (QED) is 0.0283. The van der Waals surface area contributed by atoms with Crippen molar-refractivity contribution in [2.75, 3.05) is 41.0 Å². The number of esters is 2. The van der Waals surface area contributed by atoms with Crippen molar-refractivity contribution in [1.29, 1.82) is 0 Å². The summed E-state index contributed by atoms with van der Waals surface area (Å²) in [5, 5.41) is 9.63. The fourth-order valence-electron chi connectivity index (χ4n) is 7.08. The van der Waals surface area contributed by atoms with Gasteiger partial charge in [-0.1, -0.05) is 160 Å². The van der Waals surface area contributed by atoms with Crippen LogP contribution in [-0.2, 0) is 28.6 Å². The molecule has 0 aromatic heterocycles. The van der Waals surface area contributed by atoms with E-state index < -0.39 is 18.1 Å². The van der Waals surface area contributed by atoms with Crippen LogP contribution in [0.15, 0.2) is 24.3 Å². The maximum atomic E-state index is 12.8. The van der Waals surface area contributed by atoms with Crippen molar-refractivity contribution in [3.8, 4) is 0 Å². The standard InChI is InChI=1S/C49H91NO7/c1-6-8-10-12-14-16-18-20-22-23-24-25-26-28-30-32-34-36-38-40-48(52)57-45(43-55-42-41-46(49(53)54)50(3,4)5)44-56-47(51)39-37-35-33-31-29-27-21-19-17-15-13-11-9-7-2/h19-22,45-46H,6-18,23-44H2,1-5H3/p+1/b21-19-,22-20-. The summed E-state index contributed by atoms with van der Waals surface area (Å²) in [6.45, 7) is 4.73. The van der Waals surface area contributed by atoms with Crippen LogP contribution >= 0.6 is 0 Å². The molecule has 1 N–H and O–H groups in total. The molecule has 0 bridgehead atoms. The number of nitrogens with zero attached hydrogens (tertiary/aromatic N) is 1. The summed E-state index contributed by atoms with van der Waals surface area (Å²) >= 11 is 0. The van der Waals surface area contributed by atoms with Gasteiger partial charge in [-0.05, 0) is 64.2 Å². The van der Waals surface area contributed by atoms with E-state index in [2.05, 4.69) is 38.2 Å². The zero-order valence-corrected chi connectivity index (χ0v) is 38.1. The largest absolute Gasteiger partial charge is 0.477 e. The number of hydrogen-bond acceptors (Lipinski definition) is 6. The Kier molecular flexibility index (Phi) is 39.0. The monoisotopic (exact) mass is 807 g/mol. The van der Waals surface area contributed by atoms with Crippen LogP contribution in [0.4, 0.5) is 0 Å². The summed E-state index contributed by atoms with van der Waals surface area (Å²) < 4.78 is 17.3. The summed E-state index contributed by atoms with van der Waals surface area (Å²) in [7, 11) is 5.53. The Labute approximate surface area is 351 Å². The second-order valence-electron chi connectivity index (χ2n) is 17.4. The minimum absolute atomic E-state index is 0.0529.